The summed E-state index contributed by atoms with van der Waals surface area (Å²) in [6.07, 6.45) is 3.99. The second kappa shape index (κ2) is 18.3. The van der Waals surface area contributed by atoms with Gasteiger partial charge in [-0.1, -0.05) is 21.3 Å². The van der Waals surface area contributed by atoms with E-state index in [2.05, 4.69) is 19.2 Å². The molecule has 0 aliphatic heterocycles. The van der Waals surface area contributed by atoms with Crippen LogP contribution in [-0.2, 0) is 28.5 Å². The van der Waals surface area contributed by atoms with E-state index in [1.54, 1.807) is 0 Å². The summed E-state index contributed by atoms with van der Waals surface area (Å²) in [5.74, 6) is -0.433. The van der Waals surface area contributed by atoms with Crippen molar-refractivity contribution >= 4 is 29.6 Å². The number of hydrogen-bond donors (Lipinski definition) is 1. The van der Waals surface area contributed by atoms with E-state index in [1.165, 1.54) is 6.92 Å². The molecule has 0 aromatic rings. The molecule has 1 aliphatic carbocycles. The number of rotatable bonds is 15. The summed E-state index contributed by atoms with van der Waals surface area (Å²) in [5.41, 5.74) is 0. The third-order valence-corrected chi connectivity index (χ3v) is 5.82. The summed E-state index contributed by atoms with van der Waals surface area (Å²) in [6.45, 7) is 7.80. The minimum atomic E-state index is -0.398. The van der Waals surface area contributed by atoms with E-state index in [0.717, 1.165) is 25.7 Å². The Kier molecular flexibility index (Phi) is 17.5. The van der Waals surface area contributed by atoms with E-state index in [1.807, 2.05) is 11.8 Å². The second-order valence-corrected chi connectivity index (χ2v) is 9.44. The maximum Gasteiger partial charge on any atom is 0.407 e. The van der Waals surface area contributed by atoms with Crippen LogP contribution in [0, 0.1) is 0 Å². The zero-order valence-corrected chi connectivity index (χ0v) is 19.3. The number of thioether (sulfide) groups is 1. The summed E-state index contributed by atoms with van der Waals surface area (Å²) in [6, 6.07) is 0. The Balaban J connectivity index is 0. The molecule has 0 radical (unpaired) electrons. The molecule has 0 aromatic carbocycles. The van der Waals surface area contributed by atoms with Crippen LogP contribution < -0.4 is 5.32 Å². The largest absolute Gasteiger partial charge is 0.463 e. The van der Waals surface area contributed by atoms with Gasteiger partial charge in [-0.3, -0.25) is 4.79 Å². The third kappa shape index (κ3) is 17.0. The molecule has 0 aromatic heterocycles. The molecule has 0 heterocycles. The van der Waals surface area contributed by atoms with Gasteiger partial charge in [-0.15, -0.1) is 0 Å². The van der Waals surface area contributed by atoms with Gasteiger partial charge in [0.15, 0.2) is 0 Å². The highest BCUT2D eigenvalue weighted by atomic mass is 32.2. The molecule has 1 saturated carbocycles. The van der Waals surface area contributed by atoms with Crippen LogP contribution >= 0.6 is 11.8 Å². The average Bonchev–Trinajstić information content (AvgIpc) is 2.69. The van der Waals surface area contributed by atoms with Crippen molar-refractivity contribution in [3.05, 3.63) is 0 Å². The zero-order valence-electron chi connectivity index (χ0n) is 18.5. The standard InChI is InChI=1S/C21H37NO7S.CH4.H2/c1-16(2)30-19-7-5-18(6-8-19)29-21(25)22-10-11-26-12-13-27-14-15-28-20(24)9-4-17(3)23;;/h16,18-19H,4-15H2,1-3H3,(H,22,25);1H4;1H. The molecule has 1 fully saturated rings. The molecule has 31 heavy (non-hydrogen) atoms. The van der Waals surface area contributed by atoms with Crippen LogP contribution in [0.2, 0.25) is 0 Å². The van der Waals surface area contributed by atoms with Crippen molar-refractivity contribution in [2.45, 2.75) is 83.3 Å². The first kappa shape index (κ1) is 29.7. The predicted molar refractivity (Wildman–Crippen MR) is 125 cm³/mol. The van der Waals surface area contributed by atoms with E-state index >= 15 is 0 Å². The molecule has 0 saturated heterocycles. The third-order valence-electron chi connectivity index (χ3n) is 4.42. The van der Waals surface area contributed by atoms with Crippen LogP contribution in [0.4, 0.5) is 4.79 Å². The molecule has 184 valence electrons. The lowest BCUT2D eigenvalue weighted by atomic mass is 9.97. The molecule has 1 N–H and O–H groups in total. The molecular formula is C22H43NO7S. The predicted octanol–water partition coefficient (Wildman–Crippen LogP) is 3.99. The maximum absolute atomic E-state index is 11.8. The number of alkyl carbamates (subject to hydrolysis) is 1. The van der Waals surface area contributed by atoms with Crippen molar-refractivity contribution in [1.29, 1.82) is 0 Å². The number of amides is 1. The van der Waals surface area contributed by atoms with Crippen LogP contribution in [0.15, 0.2) is 0 Å². The van der Waals surface area contributed by atoms with E-state index in [0.29, 0.717) is 36.9 Å². The van der Waals surface area contributed by atoms with Gasteiger partial charge in [0.2, 0.25) is 0 Å². The quantitative estimate of drug-likeness (QED) is 0.286. The summed E-state index contributed by atoms with van der Waals surface area (Å²) in [5, 5.41) is 4.03. The first-order valence-electron chi connectivity index (χ1n) is 10.8. The normalized spacial score (nSPS) is 18.2. The van der Waals surface area contributed by atoms with Crippen LogP contribution in [0.1, 0.15) is 68.1 Å². The van der Waals surface area contributed by atoms with Crippen LogP contribution in [-0.4, -0.2) is 74.0 Å². The van der Waals surface area contributed by atoms with Crippen molar-refractivity contribution in [3.63, 3.8) is 0 Å². The number of carbonyl (C=O) groups excluding carboxylic acids is 3. The average molecular weight is 466 g/mol. The fourth-order valence-corrected chi connectivity index (χ4v) is 4.29. The first-order valence-corrected chi connectivity index (χ1v) is 11.7. The van der Waals surface area contributed by atoms with E-state index in [9.17, 15) is 14.4 Å². The Labute approximate surface area is 192 Å². The topological polar surface area (TPSA) is 100 Å². The Bertz CT molecular complexity index is 515. The van der Waals surface area contributed by atoms with Crippen molar-refractivity contribution in [2.75, 3.05) is 39.6 Å². The lowest BCUT2D eigenvalue weighted by molar-refractivity contribution is -0.146. The summed E-state index contributed by atoms with van der Waals surface area (Å²) in [7, 11) is 0. The highest BCUT2D eigenvalue weighted by Gasteiger charge is 2.24. The number of ether oxygens (including phenoxy) is 4. The monoisotopic (exact) mass is 465 g/mol. The fraction of sp³-hybridized carbons (Fsp3) is 0.864. The summed E-state index contributed by atoms with van der Waals surface area (Å²) >= 11 is 2.01. The van der Waals surface area contributed by atoms with Crippen molar-refractivity contribution < 1.29 is 34.8 Å². The van der Waals surface area contributed by atoms with Gasteiger partial charge in [-0.2, -0.15) is 11.8 Å². The Morgan fingerprint density at radius 1 is 0.968 bits per heavy atom. The molecule has 0 unspecified atom stereocenters. The zero-order chi connectivity index (χ0) is 22.2. The molecule has 8 nitrogen and oxygen atoms in total. The maximum atomic E-state index is 11.8. The van der Waals surface area contributed by atoms with Crippen molar-refractivity contribution in [2.24, 2.45) is 0 Å². The van der Waals surface area contributed by atoms with Crippen molar-refractivity contribution in [1.82, 2.24) is 5.32 Å². The van der Waals surface area contributed by atoms with E-state index in [4.69, 9.17) is 18.9 Å². The smallest absolute Gasteiger partial charge is 0.407 e. The molecule has 1 aliphatic rings. The van der Waals surface area contributed by atoms with Gasteiger partial charge in [0.05, 0.1) is 32.8 Å². The Morgan fingerprint density at radius 3 is 2.19 bits per heavy atom. The molecule has 0 bridgehead atoms. The number of carbonyl (C=O) groups is 3. The van der Waals surface area contributed by atoms with Gasteiger partial charge >= 0.3 is 12.1 Å². The number of Topliss-reactive ketones (excluding diaryl/α,β-unsaturated/α-hetero) is 1. The minimum absolute atomic E-state index is 0. The van der Waals surface area contributed by atoms with Gasteiger partial charge in [0, 0.05) is 19.6 Å². The van der Waals surface area contributed by atoms with Gasteiger partial charge < -0.3 is 29.1 Å². The van der Waals surface area contributed by atoms with Crippen LogP contribution in [0.5, 0.6) is 0 Å². The minimum Gasteiger partial charge on any atom is -0.463 e. The number of ketones is 1. The second-order valence-electron chi connectivity index (χ2n) is 7.56. The van der Waals surface area contributed by atoms with Gasteiger partial charge in [0.25, 0.3) is 0 Å². The number of nitrogens with one attached hydrogen (secondary N) is 1. The van der Waals surface area contributed by atoms with E-state index in [-0.39, 0.29) is 52.9 Å². The highest BCUT2D eigenvalue weighted by molar-refractivity contribution is 8.00. The first-order chi connectivity index (χ1) is 14.4. The number of esters is 1. The van der Waals surface area contributed by atoms with E-state index < -0.39 is 5.97 Å². The van der Waals surface area contributed by atoms with Crippen LogP contribution in [0.25, 0.3) is 0 Å². The highest BCUT2D eigenvalue weighted by Crippen LogP contribution is 2.32. The summed E-state index contributed by atoms with van der Waals surface area (Å²) in [4.78, 5) is 33.9. The fourth-order valence-electron chi connectivity index (χ4n) is 2.98. The number of hydrogen-bond acceptors (Lipinski definition) is 8. The Morgan fingerprint density at radius 2 is 1.58 bits per heavy atom. The van der Waals surface area contributed by atoms with Crippen molar-refractivity contribution in [3.8, 4) is 0 Å². The lowest BCUT2D eigenvalue weighted by Crippen LogP contribution is -2.33. The van der Waals surface area contributed by atoms with Crippen LogP contribution in [0.3, 0.4) is 0 Å². The molecule has 1 rings (SSSR count). The molecule has 1 amide bonds. The Hall–Kier alpha value is -1.32. The SMILES string of the molecule is C.CC(=O)CCC(=O)OCCOCCOCCNC(=O)OC1CCC(SC(C)C)CC1.[HH]. The molecule has 9 heteroatoms. The summed E-state index contributed by atoms with van der Waals surface area (Å²) < 4.78 is 21.1. The lowest BCUT2D eigenvalue weighted by Gasteiger charge is -2.28. The molecule has 0 spiro atoms. The van der Waals surface area contributed by atoms with Gasteiger partial charge in [-0.25, -0.2) is 4.79 Å². The molecule has 0 atom stereocenters. The van der Waals surface area contributed by atoms with Gasteiger partial charge in [0.1, 0.15) is 18.5 Å². The van der Waals surface area contributed by atoms with Gasteiger partial charge in [-0.05, 0) is 37.9 Å². The molecular weight excluding hydrogens is 422 g/mol.